The highest BCUT2D eigenvalue weighted by atomic mass is 79.9. The van der Waals surface area contributed by atoms with E-state index in [2.05, 4.69) is 43.4 Å². The van der Waals surface area contributed by atoms with Gasteiger partial charge in [-0.3, -0.25) is 4.68 Å². The molecule has 0 radical (unpaired) electrons. The van der Waals surface area contributed by atoms with E-state index in [-0.39, 0.29) is 0 Å². The van der Waals surface area contributed by atoms with Crippen LogP contribution < -0.4 is 5.32 Å². The second-order valence-corrected chi connectivity index (χ2v) is 4.74. The third-order valence-electron chi connectivity index (χ3n) is 2.72. The number of nitrogens with one attached hydrogen (secondary N) is 1. The molecule has 0 atom stereocenters. The molecule has 0 saturated heterocycles. The minimum atomic E-state index is 0.654. The summed E-state index contributed by atoms with van der Waals surface area (Å²) in [5.41, 5.74) is 2.24. The number of hydrogen-bond acceptors (Lipinski definition) is 5. The maximum atomic E-state index is 4.93. The molecule has 6 nitrogen and oxygen atoms in total. The van der Waals surface area contributed by atoms with Crippen LogP contribution in [0, 0.1) is 0 Å². The predicted molar refractivity (Wildman–Crippen MR) is 70.0 cm³/mol. The fourth-order valence-electron chi connectivity index (χ4n) is 1.72. The number of nitrogens with zero attached hydrogens (tertiary/aromatic N) is 4. The average Bonchev–Trinajstić information content (AvgIpc) is 2.96. The van der Waals surface area contributed by atoms with Gasteiger partial charge in [-0.15, -0.1) is 0 Å². The molecule has 0 spiro atoms. The lowest BCUT2D eigenvalue weighted by Crippen LogP contribution is -2.19. The molecule has 0 aliphatic heterocycles. The Balaban J connectivity index is 1.85. The van der Waals surface area contributed by atoms with Crippen LogP contribution >= 0.6 is 15.9 Å². The van der Waals surface area contributed by atoms with Crippen molar-refractivity contribution < 1.29 is 4.52 Å². The number of rotatable bonds is 6. The zero-order chi connectivity index (χ0) is 13.0. The van der Waals surface area contributed by atoms with Gasteiger partial charge in [-0.25, -0.2) is 0 Å². The van der Waals surface area contributed by atoms with Gasteiger partial charge in [-0.05, 0) is 22.4 Å². The molecule has 0 saturated carbocycles. The Morgan fingerprint density at radius 1 is 1.50 bits per heavy atom. The summed E-state index contributed by atoms with van der Waals surface area (Å²) in [6, 6.07) is 0. The Labute approximate surface area is 114 Å². The normalized spacial score (nSPS) is 11.1. The van der Waals surface area contributed by atoms with Crippen molar-refractivity contribution in [3.8, 4) is 0 Å². The van der Waals surface area contributed by atoms with Crippen molar-refractivity contribution in [1.82, 2.24) is 25.2 Å². The first-order chi connectivity index (χ1) is 8.72. The molecule has 0 amide bonds. The van der Waals surface area contributed by atoms with Crippen LogP contribution in [0.25, 0.3) is 0 Å². The molecular weight excluding hydrogens is 298 g/mol. The lowest BCUT2D eigenvalue weighted by atomic mass is 10.3. The van der Waals surface area contributed by atoms with E-state index in [0.717, 1.165) is 41.8 Å². The number of aromatic nitrogens is 4. The van der Waals surface area contributed by atoms with Crippen molar-refractivity contribution in [2.24, 2.45) is 7.05 Å². The van der Waals surface area contributed by atoms with Gasteiger partial charge < -0.3 is 9.84 Å². The smallest absolute Gasteiger partial charge is 0.227 e. The van der Waals surface area contributed by atoms with Gasteiger partial charge in [-0.2, -0.15) is 10.1 Å². The van der Waals surface area contributed by atoms with E-state index in [1.807, 2.05) is 11.7 Å². The van der Waals surface area contributed by atoms with Crippen LogP contribution in [-0.2, 0) is 26.4 Å². The van der Waals surface area contributed by atoms with E-state index >= 15 is 0 Å². The first-order valence-electron chi connectivity index (χ1n) is 5.88. The van der Waals surface area contributed by atoms with Gasteiger partial charge in [0.15, 0.2) is 6.33 Å². The average molecular weight is 314 g/mol. The summed E-state index contributed by atoms with van der Waals surface area (Å²) in [4.78, 5) is 3.97. The number of halogens is 1. The molecule has 1 N–H and O–H groups in total. The van der Waals surface area contributed by atoms with E-state index < -0.39 is 0 Å². The molecule has 98 valence electrons. The summed E-state index contributed by atoms with van der Waals surface area (Å²) in [6.45, 7) is 3.65. The summed E-state index contributed by atoms with van der Waals surface area (Å²) < 4.78 is 7.93. The molecule has 2 rings (SSSR count). The van der Waals surface area contributed by atoms with Crippen molar-refractivity contribution in [1.29, 1.82) is 0 Å². The van der Waals surface area contributed by atoms with Gasteiger partial charge in [0.05, 0.1) is 15.9 Å². The monoisotopic (exact) mass is 313 g/mol. The lowest BCUT2D eigenvalue weighted by molar-refractivity contribution is 0.374. The Morgan fingerprint density at radius 2 is 2.33 bits per heavy atom. The van der Waals surface area contributed by atoms with Gasteiger partial charge in [0.25, 0.3) is 0 Å². The van der Waals surface area contributed by atoms with Crippen molar-refractivity contribution in [3.63, 3.8) is 0 Å². The topological polar surface area (TPSA) is 68.8 Å². The molecule has 0 bridgehead atoms. The second-order valence-electron chi connectivity index (χ2n) is 3.95. The van der Waals surface area contributed by atoms with Crippen molar-refractivity contribution in [2.75, 3.05) is 6.54 Å². The number of hydrogen-bond donors (Lipinski definition) is 1. The highest BCUT2D eigenvalue weighted by Crippen LogP contribution is 2.21. The Kier molecular flexibility index (Phi) is 4.48. The van der Waals surface area contributed by atoms with Crippen LogP contribution in [0.4, 0.5) is 0 Å². The Morgan fingerprint density at radius 3 is 2.94 bits per heavy atom. The highest BCUT2D eigenvalue weighted by molar-refractivity contribution is 9.10. The summed E-state index contributed by atoms with van der Waals surface area (Å²) in [5.74, 6) is 0.654. The molecule has 2 aromatic rings. The van der Waals surface area contributed by atoms with Crippen LogP contribution in [0.2, 0.25) is 0 Å². The largest absolute Gasteiger partial charge is 0.340 e. The molecule has 18 heavy (non-hydrogen) atoms. The van der Waals surface area contributed by atoms with E-state index in [0.29, 0.717) is 5.89 Å². The van der Waals surface area contributed by atoms with Crippen molar-refractivity contribution >= 4 is 15.9 Å². The molecule has 2 aromatic heterocycles. The summed E-state index contributed by atoms with van der Waals surface area (Å²) in [5, 5.41) is 11.4. The van der Waals surface area contributed by atoms with E-state index in [9.17, 15) is 0 Å². The Hall–Kier alpha value is -1.21. The lowest BCUT2D eigenvalue weighted by Gasteiger charge is -2.04. The van der Waals surface area contributed by atoms with Gasteiger partial charge in [0.2, 0.25) is 5.89 Å². The molecular formula is C11H16BrN5O. The SMILES string of the molecule is CCc1nn(C)c(CNCCc2ncno2)c1Br. The highest BCUT2D eigenvalue weighted by Gasteiger charge is 2.11. The maximum Gasteiger partial charge on any atom is 0.227 e. The van der Waals surface area contributed by atoms with Crippen LogP contribution in [0.1, 0.15) is 24.2 Å². The summed E-state index contributed by atoms with van der Waals surface area (Å²) in [6.07, 6.45) is 3.08. The van der Waals surface area contributed by atoms with Gasteiger partial charge in [0.1, 0.15) is 0 Å². The van der Waals surface area contributed by atoms with Crippen LogP contribution in [0.15, 0.2) is 15.3 Å². The fraction of sp³-hybridized carbons (Fsp3) is 0.545. The third-order valence-corrected chi connectivity index (χ3v) is 3.63. The first kappa shape index (κ1) is 13.2. The summed E-state index contributed by atoms with van der Waals surface area (Å²) >= 11 is 3.59. The molecule has 0 aromatic carbocycles. The molecule has 0 aliphatic carbocycles. The zero-order valence-corrected chi connectivity index (χ0v) is 12.1. The van der Waals surface area contributed by atoms with Gasteiger partial charge in [-0.1, -0.05) is 12.1 Å². The fourth-order valence-corrected chi connectivity index (χ4v) is 2.48. The molecule has 0 aliphatic rings. The Bertz CT molecular complexity index is 494. The van der Waals surface area contributed by atoms with Crippen LogP contribution in [0.5, 0.6) is 0 Å². The molecule has 7 heteroatoms. The van der Waals surface area contributed by atoms with Crippen LogP contribution in [0.3, 0.4) is 0 Å². The van der Waals surface area contributed by atoms with Crippen LogP contribution in [-0.4, -0.2) is 26.5 Å². The van der Waals surface area contributed by atoms with E-state index in [4.69, 9.17) is 4.52 Å². The second kappa shape index (κ2) is 6.10. The van der Waals surface area contributed by atoms with Crippen molar-refractivity contribution in [2.45, 2.75) is 26.3 Å². The quantitative estimate of drug-likeness (QED) is 0.818. The maximum absolute atomic E-state index is 4.93. The van der Waals surface area contributed by atoms with E-state index in [1.54, 1.807) is 0 Å². The summed E-state index contributed by atoms with van der Waals surface area (Å²) in [7, 11) is 1.96. The predicted octanol–water partition coefficient (Wildman–Crippen LogP) is 1.46. The minimum Gasteiger partial charge on any atom is -0.340 e. The van der Waals surface area contributed by atoms with Gasteiger partial charge >= 0.3 is 0 Å². The number of aryl methyl sites for hydroxylation is 2. The van der Waals surface area contributed by atoms with Crippen molar-refractivity contribution in [3.05, 3.63) is 28.1 Å². The first-order valence-corrected chi connectivity index (χ1v) is 6.68. The molecule has 0 fully saturated rings. The van der Waals surface area contributed by atoms with E-state index in [1.165, 1.54) is 6.33 Å². The molecule has 2 heterocycles. The van der Waals surface area contributed by atoms with Gasteiger partial charge in [0, 0.05) is 26.6 Å². The molecule has 0 unspecified atom stereocenters. The standard InChI is InChI=1S/C11H16BrN5O/c1-3-8-11(12)9(17(2)16-8)6-13-5-4-10-14-7-15-18-10/h7,13H,3-6H2,1-2H3. The zero-order valence-electron chi connectivity index (χ0n) is 10.5. The minimum absolute atomic E-state index is 0.654. The third kappa shape index (κ3) is 2.97.